The number of hydrogen-bond donors (Lipinski definition) is 1. The molecule has 1 N–H and O–H groups in total. The lowest BCUT2D eigenvalue weighted by Crippen LogP contribution is -2.58. The summed E-state index contributed by atoms with van der Waals surface area (Å²) in [6, 6.07) is 0.724. The van der Waals surface area contributed by atoms with Gasteiger partial charge in [0.1, 0.15) is 0 Å². The number of piperidine rings is 1. The molecular formula is C13H24N2. The standard InChI is InChI=1S/C13H24N2/c1-12(2)4-3-7-14-11(12)8-15-9-13(10-15)5-6-13/h11,14H,3-10H2,1-2H3. The van der Waals surface area contributed by atoms with E-state index < -0.39 is 0 Å². The predicted molar refractivity (Wildman–Crippen MR) is 62.9 cm³/mol. The first-order valence-corrected chi connectivity index (χ1v) is 6.56. The van der Waals surface area contributed by atoms with E-state index >= 15 is 0 Å². The summed E-state index contributed by atoms with van der Waals surface area (Å²) in [5.74, 6) is 0. The minimum Gasteiger partial charge on any atom is -0.312 e. The van der Waals surface area contributed by atoms with E-state index in [0.29, 0.717) is 5.41 Å². The second kappa shape index (κ2) is 3.21. The largest absolute Gasteiger partial charge is 0.312 e. The summed E-state index contributed by atoms with van der Waals surface area (Å²) >= 11 is 0. The summed E-state index contributed by atoms with van der Waals surface area (Å²) in [7, 11) is 0. The first-order chi connectivity index (χ1) is 7.10. The van der Waals surface area contributed by atoms with Crippen molar-refractivity contribution in [2.75, 3.05) is 26.2 Å². The third-order valence-electron chi connectivity index (χ3n) is 4.85. The fourth-order valence-electron chi connectivity index (χ4n) is 3.37. The third kappa shape index (κ3) is 1.83. The van der Waals surface area contributed by atoms with Gasteiger partial charge in [-0.1, -0.05) is 13.8 Å². The molecule has 0 radical (unpaired) electrons. The zero-order chi connectivity index (χ0) is 10.5. The normalized spacial score (nSPS) is 37.6. The Kier molecular flexibility index (Phi) is 2.16. The van der Waals surface area contributed by atoms with Crippen molar-refractivity contribution in [1.82, 2.24) is 10.2 Å². The molecule has 0 aromatic carbocycles. The SMILES string of the molecule is CC1(C)CCCNC1CN1CC2(CC2)C1. The van der Waals surface area contributed by atoms with Crippen LogP contribution in [0.4, 0.5) is 0 Å². The summed E-state index contributed by atoms with van der Waals surface area (Å²) in [5.41, 5.74) is 1.32. The highest BCUT2D eigenvalue weighted by Gasteiger charge is 2.52. The Morgan fingerprint density at radius 1 is 1.20 bits per heavy atom. The highest BCUT2D eigenvalue weighted by atomic mass is 15.2. The van der Waals surface area contributed by atoms with Gasteiger partial charge in [-0.05, 0) is 43.1 Å². The van der Waals surface area contributed by atoms with Crippen molar-refractivity contribution in [3.63, 3.8) is 0 Å². The number of hydrogen-bond acceptors (Lipinski definition) is 2. The number of nitrogens with one attached hydrogen (secondary N) is 1. The van der Waals surface area contributed by atoms with Crippen LogP contribution in [0.5, 0.6) is 0 Å². The van der Waals surface area contributed by atoms with Crippen molar-refractivity contribution in [2.24, 2.45) is 10.8 Å². The van der Waals surface area contributed by atoms with Crippen LogP contribution in [0.25, 0.3) is 0 Å². The molecule has 2 saturated heterocycles. The van der Waals surface area contributed by atoms with E-state index in [4.69, 9.17) is 0 Å². The molecule has 2 heteroatoms. The molecule has 1 atom stereocenters. The smallest absolute Gasteiger partial charge is 0.0246 e. The van der Waals surface area contributed by atoms with E-state index in [2.05, 4.69) is 24.1 Å². The Morgan fingerprint density at radius 2 is 1.93 bits per heavy atom. The zero-order valence-electron chi connectivity index (χ0n) is 10.2. The van der Waals surface area contributed by atoms with Crippen LogP contribution in [0, 0.1) is 10.8 Å². The van der Waals surface area contributed by atoms with Crippen LogP contribution in [-0.2, 0) is 0 Å². The van der Waals surface area contributed by atoms with E-state index in [0.717, 1.165) is 11.5 Å². The number of rotatable bonds is 2. The van der Waals surface area contributed by atoms with Gasteiger partial charge >= 0.3 is 0 Å². The van der Waals surface area contributed by atoms with Crippen molar-refractivity contribution >= 4 is 0 Å². The summed E-state index contributed by atoms with van der Waals surface area (Å²) < 4.78 is 0. The molecule has 2 heterocycles. The molecule has 3 fully saturated rings. The van der Waals surface area contributed by atoms with Gasteiger partial charge in [0, 0.05) is 25.7 Å². The minimum atomic E-state index is 0.505. The van der Waals surface area contributed by atoms with Gasteiger partial charge < -0.3 is 10.2 Å². The summed E-state index contributed by atoms with van der Waals surface area (Å²) in [6.07, 6.45) is 5.76. The van der Waals surface area contributed by atoms with Crippen LogP contribution in [0.15, 0.2) is 0 Å². The van der Waals surface area contributed by atoms with Crippen molar-refractivity contribution < 1.29 is 0 Å². The van der Waals surface area contributed by atoms with Crippen LogP contribution >= 0.6 is 0 Å². The lowest BCUT2D eigenvalue weighted by atomic mass is 9.76. The maximum atomic E-state index is 3.71. The van der Waals surface area contributed by atoms with Crippen molar-refractivity contribution in [3.05, 3.63) is 0 Å². The Bertz CT molecular complexity index is 247. The van der Waals surface area contributed by atoms with Gasteiger partial charge in [-0.15, -0.1) is 0 Å². The maximum absolute atomic E-state index is 3.71. The topological polar surface area (TPSA) is 15.3 Å². The predicted octanol–water partition coefficient (Wildman–Crippen LogP) is 1.86. The average molecular weight is 208 g/mol. The molecular weight excluding hydrogens is 184 g/mol. The Balaban J connectivity index is 1.53. The highest BCUT2D eigenvalue weighted by Crippen LogP contribution is 2.53. The van der Waals surface area contributed by atoms with Gasteiger partial charge in [0.25, 0.3) is 0 Å². The lowest BCUT2D eigenvalue weighted by molar-refractivity contribution is 0.0396. The second-order valence-corrected chi connectivity index (χ2v) is 6.77. The van der Waals surface area contributed by atoms with E-state index in [1.165, 1.54) is 51.9 Å². The first kappa shape index (κ1) is 10.1. The summed E-state index contributed by atoms with van der Waals surface area (Å²) in [4.78, 5) is 2.66. The Labute approximate surface area is 93.4 Å². The molecule has 3 rings (SSSR count). The highest BCUT2D eigenvalue weighted by molar-refractivity contribution is 5.06. The monoisotopic (exact) mass is 208 g/mol. The first-order valence-electron chi connectivity index (χ1n) is 6.56. The van der Waals surface area contributed by atoms with E-state index in [9.17, 15) is 0 Å². The van der Waals surface area contributed by atoms with Crippen molar-refractivity contribution in [3.8, 4) is 0 Å². The molecule has 1 aliphatic carbocycles. The van der Waals surface area contributed by atoms with Gasteiger partial charge in [0.2, 0.25) is 0 Å². The molecule has 0 aromatic rings. The molecule has 1 saturated carbocycles. The second-order valence-electron chi connectivity index (χ2n) is 6.77. The Hall–Kier alpha value is -0.0800. The number of nitrogens with zero attached hydrogens (tertiary/aromatic N) is 1. The average Bonchev–Trinajstić information content (AvgIpc) is 2.87. The molecule has 3 aliphatic rings. The molecule has 0 aromatic heterocycles. The lowest BCUT2D eigenvalue weighted by Gasteiger charge is -2.47. The van der Waals surface area contributed by atoms with Gasteiger partial charge in [-0.25, -0.2) is 0 Å². The fourth-order valence-corrected chi connectivity index (χ4v) is 3.37. The molecule has 0 bridgehead atoms. The van der Waals surface area contributed by atoms with E-state index in [1.54, 1.807) is 0 Å². The summed E-state index contributed by atoms with van der Waals surface area (Å²) in [6.45, 7) is 10.2. The molecule has 1 unspecified atom stereocenters. The van der Waals surface area contributed by atoms with Crippen LogP contribution in [-0.4, -0.2) is 37.1 Å². The molecule has 0 amide bonds. The quantitative estimate of drug-likeness (QED) is 0.745. The molecule has 86 valence electrons. The Morgan fingerprint density at radius 3 is 2.53 bits per heavy atom. The van der Waals surface area contributed by atoms with Gasteiger partial charge in [0.05, 0.1) is 0 Å². The fraction of sp³-hybridized carbons (Fsp3) is 1.00. The van der Waals surface area contributed by atoms with E-state index in [1.807, 2.05) is 0 Å². The molecule has 1 spiro atoms. The van der Waals surface area contributed by atoms with Crippen LogP contribution in [0.2, 0.25) is 0 Å². The van der Waals surface area contributed by atoms with E-state index in [-0.39, 0.29) is 0 Å². The van der Waals surface area contributed by atoms with Crippen LogP contribution < -0.4 is 5.32 Å². The van der Waals surface area contributed by atoms with Crippen molar-refractivity contribution in [1.29, 1.82) is 0 Å². The third-order valence-corrected chi connectivity index (χ3v) is 4.85. The van der Waals surface area contributed by atoms with Gasteiger partial charge in [-0.3, -0.25) is 0 Å². The van der Waals surface area contributed by atoms with Crippen LogP contribution in [0.1, 0.15) is 39.5 Å². The van der Waals surface area contributed by atoms with Crippen LogP contribution in [0.3, 0.4) is 0 Å². The minimum absolute atomic E-state index is 0.505. The molecule has 2 aliphatic heterocycles. The van der Waals surface area contributed by atoms with Gasteiger partial charge in [0.15, 0.2) is 0 Å². The van der Waals surface area contributed by atoms with Crippen molar-refractivity contribution in [2.45, 2.75) is 45.6 Å². The maximum Gasteiger partial charge on any atom is 0.0246 e. The molecule has 15 heavy (non-hydrogen) atoms. The zero-order valence-corrected chi connectivity index (χ0v) is 10.2. The molecule has 2 nitrogen and oxygen atoms in total. The van der Waals surface area contributed by atoms with Gasteiger partial charge in [-0.2, -0.15) is 0 Å². The number of likely N-dealkylation sites (tertiary alicyclic amines) is 1. The summed E-state index contributed by atoms with van der Waals surface area (Å²) in [5, 5.41) is 3.71.